The molecule has 6 heteroatoms. The van der Waals surface area contributed by atoms with Crippen LogP contribution in [0.2, 0.25) is 0 Å². The molecule has 3 amide bonds. The lowest BCUT2D eigenvalue weighted by atomic mass is 10.3. The predicted molar refractivity (Wildman–Crippen MR) is 66.7 cm³/mol. The Morgan fingerprint density at radius 2 is 2.06 bits per heavy atom. The highest BCUT2D eigenvalue weighted by molar-refractivity contribution is 7.13. The van der Waals surface area contributed by atoms with Crippen molar-refractivity contribution >= 4 is 29.4 Å². The van der Waals surface area contributed by atoms with Gasteiger partial charge in [0.25, 0.3) is 5.91 Å². The molecule has 2 aromatic rings. The number of hydrogen-bond acceptors (Lipinski definition) is 4. The summed E-state index contributed by atoms with van der Waals surface area (Å²) in [5.74, 6) is 0.807. The number of hydrogen-bond donors (Lipinski definition) is 2. The van der Waals surface area contributed by atoms with Gasteiger partial charge in [-0.15, -0.1) is 11.3 Å². The summed E-state index contributed by atoms with van der Waals surface area (Å²) < 4.78 is 5.58. The van der Waals surface area contributed by atoms with E-state index in [0.29, 0.717) is 5.76 Å². The van der Waals surface area contributed by atoms with Crippen LogP contribution in [0.4, 0.5) is 4.79 Å². The molecule has 90 valence electrons. The molecule has 0 unspecified atom stereocenters. The highest BCUT2D eigenvalue weighted by Gasteiger charge is 2.23. The average molecular weight is 260 g/mol. The van der Waals surface area contributed by atoms with E-state index in [-0.39, 0.29) is 5.70 Å². The molecular weight excluding hydrogens is 252 g/mol. The Bertz CT molecular complexity index is 640. The van der Waals surface area contributed by atoms with Gasteiger partial charge < -0.3 is 9.73 Å². The second-order valence-corrected chi connectivity index (χ2v) is 4.59. The monoisotopic (exact) mass is 260 g/mol. The summed E-state index contributed by atoms with van der Waals surface area (Å²) in [6.45, 7) is 0. The van der Waals surface area contributed by atoms with Gasteiger partial charge in [0.05, 0.1) is 4.88 Å². The van der Waals surface area contributed by atoms with Crippen LogP contribution in [0, 0.1) is 0 Å². The number of imide groups is 1. The van der Waals surface area contributed by atoms with Crippen molar-refractivity contribution in [2.24, 2.45) is 0 Å². The van der Waals surface area contributed by atoms with Gasteiger partial charge in [-0.2, -0.15) is 0 Å². The fourth-order valence-electron chi connectivity index (χ4n) is 1.61. The van der Waals surface area contributed by atoms with E-state index >= 15 is 0 Å². The van der Waals surface area contributed by atoms with Gasteiger partial charge in [-0.3, -0.25) is 10.1 Å². The van der Waals surface area contributed by atoms with Crippen LogP contribution < -0.4 is 10.6 Å². The van der Waals surface area contributed by atoms with Gasteiger partial charge in [0.15, 0.2) is 0 Å². The average Bonchev–Trinajstić information content (AvgIpc) is 3.02. The largest absolute Gasteiger partial charge is 0.456 e. The number of urea groups is 1. The molecule has 5 nitrogen and oxygen atoms in total. The number of thiophene rings is 1. The first-order chi connectivity index (χ1) is 8.72. The van der Waals surface area contributed by atoms with Gasteiger partial charge in [-0.05, 0) is 23.6 Å². The Morgan fingerprint density at radius 1 is 1.17 bits per heavy atom. The molecule has 3 heterocycles. The minimum Gasteiger partial charge on any atom is -0.456 e. The number of carbonyl (C=O) groups is 2. The fourth-order valence-corrected chi connectivity index (χ4v) is 2.29. The van der Waals surface area contributed by atoms with Gasteiger partial charge in [0.2, 0.25) is 0 Å². The van der Waals surface area contributed by atoms with E-state index < -0.39 is 11.9 Å². The second-order valence-electron chi connectivity index (χ2n) is 3.65. The summed E-state index contributed by atoms with van der Waals surface area (Å²) in [5, 5.41) is 6.48. The normalized spacial score (nSPS) is 17.0. The van der Waals surface area contributed by atoms with E-state index in [1.54, 1.807) is 17.4 Å². The molecule has 0 radical (unpaired) electrons. The van der Waals surface area contributed by atoms with E-state index in [1.165, 1.54) is 6.08 Å². The van der Waals surface area contributed by atoms with E-state index in [0.717, 1.165) is 10.6 Å². The Kier molecular flexibility index (Phi) is 2.49. The number of rotatable bonds is 2. The molecule has 3 rings (SSSR count). The van der Waals surface area contributed by atoms with Crippen LogP contribution in [0.1, 0.15) is 5.76 Å². The topological polar surface area (TPSA) is 71.3 Å². The van der Waals surface area contributed by atoms with Crippen molar-refractivity contribution < 1.29 is 14.0 Å². The van der Waals surface area contributed by atoms with Crippen LogP contribution in [0.3, 0.4) is 0 Å². The molecule has 0 saturated carbocycles. The van der Waals surface area contributed by atoms with Crippen LogP contribution in [0.25, 0.3) is 16.7 Å². The molecule has 0 spiro atoms. The number of nitrogens with one attached hydrogen (secondary N) is 2. The van der Waals surface area contributed by atoms with Crippen LogP contribution in [-0.4, -0.2) is 11.9 Å². The van der Waals surface area contributed by atoms with Crippen LogP contribution in [-0.2, 0) is 4.79 Å². The highest BCUT2D eigenvalue weighted by atomic mass is 32.1. The van der Waals surface area contributed by atoms with Gasteiger partial charge in [-0.1, -0.05) is 6.07 Å². The van der Waals surface area contributed by atoms with E-state index in [2.05, 4.69) is 10.6 Å². The molecule has 2 N–H and O–H groups in total. The Morgan fingerprint density at radius 3 is 2.72 bits per heavy atom. The summed E-state index contributed by atoms with van der Waals surface area (Å²) in [6.07, 6.45) is 1.50. The third-order valence-electron chi connectivity index (χ3n) is 2.40. The molecule has 1 aliphatic rings. The number of carbonyl (C=O) groups excluding carboxylic acids is 2. The smallest absolute Gasteiger partial charge is 0.326 e. The Labute approximate surface area is 106 Å². The van der Waals surface area contributed by atoms with Crippen LogP contribution >= 0.6 is 11.3 Å². The zero-order chi connectivity index (χ0) is 12.5. The molecule has 0 aliphatic carbocycles. The Hall–Kier alpha value is -2.34. The SMILES string of the molecule is O=C1NC(=O)/C(=C/c2ccc(-c3cccs3)o2)N1. The first-order valence-corrected chi connectivity index (χ1v) is 6.08. The maximum Gasteiger partial charge on any atom is 0.326 e. The zero-order valence-electron chi connectivity index (χ0n) is 9.10. The van der Waals surface area contributed by atoms with Crippen molar-refractivity contribution in [1.82, 2.24) is 10.6 Å². The fraction of sp³-hybridized carbons (Fsp3) is 0. The summed E-state index contributed by atoms with van der Waals surface area (Å²) in [7, 11) is 0. The lowest BCUT2D eigenvalue weighted by Crippen LogP contribution is -2.22. The third-order valence-corrected chi connectivity index (χ3v) is 3.28. The highest BCUT2D eigenvalue weighted by Crippen LogP contribution is 2.27. The summed E-state index contributed by atoms with van der Waals surface area (Å²) in [5.41, 5.74) is 0.187. The molecule has 1 aliphatic heterocycles. The van der Waals surface area contributed by atoms with E-state index in [9.17, 15) is 9.59 Å². The van der Waals surface area contributed by atoms with Gasteiger partial charge in [-0.25, -0.2) is 4.79 Å². The van der Waals surface area contributed by atoms with Gasteiger partial charge in [0.1, 0.15) is 17.2 Å². The summed E-state index contributed by atoms with van der Waals surface area (Å²) in [4.78, 5) is 23.3. The van der Waals surface area contributed by atoms with Crippen molar-refractivity contribution in [3.8, 4) is 10.6 Å². The van der Waals surface area contributed by atoms with Crippen molar-refractivity contribution in [1.29, 1.82) is 0 Å². The Balaban J connectivity index is 1.88. The quantitative estimate of drug-likeness (QED) is 0.642. The molecular formula is C12H8N2O3S. The van der Waals surface area contributed by atoms with Crippen molar-refractivity contribution in [3.63, 3.8) is 0 Å². The second kappa shape index (κ2) is 4.15. The molecule has 18 heavy (non-hydrogen) atoms. The number of amides is 3. The lowest BCUT2D eigenvalue weighted by molar-refractivity contribution is -0.115. The van der Waals surface area contributed by atoms with E-state index in [4.69, 9.17) is 4.42 Å². The minimum atomic E-state index is -0.517. The molecule has 2 aromatic heterocycles. The maximum atomic E-state index is 11.3. The van der Waals surface area contributed by atoms with Crippen LogP contribution in [0.5, 0.6) is 0 Å². The predicted octanol–water partition coefficient (Wildman–Crippen LogP) is 2.19. The van der Waals surface area contributed by atoms with Gasteiger partial charge >= 0.3 is 6.03 Å². The van der Waals surface area contributed by atoms with Crippen molar-refractivity contribution in [2.45, 2.75) is 0 Å². The molecule has 1 saturated heterocycles. The summed E-state index contributed by atoms with van der Waals surface area (Å²) >= 11 is 1.57. The standard InChI is InChI=1S/C12H8N2O3S/c15-11-8(13-12(16)14-11)6-7-3-4-9(17-7)10-2-1-5-18-10/h1-6H,(H2,13,14,15,16)/b8-6-. The van der Waals surface area contributed by atoms with E-state index in [1.807, 2.05) is 23.6 Å². The first-order valence-electron chi connectivity index (χ1n) is 5.20. The third kappa shape index (κ3) is 1.93. The molecule has 0 bridgehead atoms. The lowest BCUT2D eigenvalue weighted by Gasteiger charge is -1.92. The molecule has 0 atom stereocenters. The van der Waals surface area contributed by atoms with Crippen molar-refractivity contribution in [3.05, 3.63) is 41.1 Å². The van der Waals surface area contributed by atoms with Gasteiger partial charge in [0, 0.05) is 6.08 Å². The zero-order valence-corrected chi connectivity index (χ0v) is 9.91. The first kappa shape index (κ1) is 10.8. The summed E-state index contributed by atoms with van der Waals surface area (Å²) in [6, 6.07) is 6.94. The van der Waals surface area contributed by atoms with Crippen molar-refractivity contribution in [2.75, 3.05) is 0 Å². The minimum absolute atomic E-state index is 0.187. The maximum absolute atomic E-state index is 11.3. The number of furan rings is 1. The molecule has 1 fully saturated rings. The molecule has 0 aromatic carbocycles. The van der Waals surface area contributed by atoms with Crippen LogP contribution in [0.15, 0.2) is 39.8 Å².